The van der Waals surface area contributed by atoms with Crippen molar-refractivity contribution in [1.82, 2.24) is 14.8 Å². The van der Waals surface area contributed by atoms with Gasteiger partial charge in [0.1, 0.15) is 0 Å². The summed E-state index contributed by atoms with van der Waals surface area (Å²) < 4.78 is 42.6. The van der Waals surface area contributed by atoms with Crippen molar-refractivity contribution >= 4 is 22.6 Å². The molecule has 2 heterocycles. The molecule has 1 aromatic carbocycles. The van der Waals surface area contributed by atoms with Gasteiger partial charge in [-0.1, -0.05) is 0 Å². The maximum atomic E-state index is 14.1. The summed E-state index contributed by atoms with van der Waals surface area (Å²) in [6.07, 6.45) is 1.97. The van der Waals surface area contributed by atoms with Crippen molar-refractivity contribution in [3.63, 3.8) is 0 Å². The van der Waals surface area contributed by atoms with Gasteiger partial charge in [-0.05, 0) is 58.7 Å². The van der Waals surface area contributed by atoms with Gasteiger partial charge < -0.3 is 5.32 Å². The minimum atomic E-state index is -1.63. The minimum absolute atomic E-state index is 0.273. The van der Waals surface area contributed by atoms with E-state index >= 15 is 0 Å². The molecule has 5 nitrogen and oxygen atoms in total. The fourth-order valence-electron chi connectivity index (χ4n) is 3.36. The van der Waals surface area contributed by atoms with Crippen LogP contribution in [-0.4, -0.2) is 20.7 Å². The second-order valence-corrected chi connectivity index (χ2v) is 8.41. The number of halogens is 3. The lowest BCUT2D eigenvalue weighted by Gasteiger charge is -2.20. The summed E-state index contributed by atoms with van der Waals surface area (Å²) >= 11 is 0. The van der Waals surface area contributed by atoms with Gasteiger partial charge in [-0.25, -0.2) is 22.8 Å². The molecule has 0 bridgehead atoms. The average molecular weight is 402 g/mol. The number of amides is 1. The molecule has 1 amide bonds. The molecule has 1 fully saturated rings. The predicted molar refractivity (Wildman–Crippen MR) is 104 cm³/mol. The van der Waals surface area contributed by atoms with Crippen molar-refractivity contribution in [2.75, 3.05) is 5.32 Å². The molecule has 152 valence electrons. The highest BCUT2D eigenvalue weighted by Crippen LogP contribution is 2.41. The average Bonchev–Trinajstić information content (AvgIpc) is 3.44. The Labute approximate surface area is 165 Å². The van der Waals surface area contributed by atoms with E-state index in [4.69, 9.17) is 4.98 Å². The first kappa shape index (κ1) is 19.4. The van der Waals surface area contributed by atoms with E-state index in [0.29, 0.717) is 16.7 Å². The summed E-state index contributed by atoms with van der Waals surface area (Å²) in [4.78, 5) is 17.8. The van der Waals surface area contributed by atoms with Gasteiger partial charge in [-0.3, -0.25) is 4.79 Å². The monoisotopic (exact) mass is 402 g/mol. The smallest absolute Gasteiger partial charge is 0.256 e. The molecule has 2 aromatic heterocycles. The number of aromatic nitrogens is 3. The van der Waals surface area contributed by atoms with Crippen molar-refractivity contribution in [2.45, 2.75) is 52.0 Å². The summed E-state index contributed by atoms with van der Waals surface area (Å²) in [5.41, 5.74) is 1.47. The van der Waals surface area contributed by atoms with Gasteiger partial charge in [-0.2, -0.15) is 5.10 Å². The van der Waals surface area contributed by atoms with Gasteiger partial charge >= 0.3 is 0 Å². The number of anilines is 1. The second kappa shape index (κ2) is 6.57. The molecule has 1 aliphatic rings. The van der Waals surface area contributed by atoms with Crippen LogP contribution in [0, 0.1) is 24.4 Å². The minimum Gasteiger partial charge on any atom is -0.319 e. The van der Waals surface area contributed by atoms with Crippen molar-refractivity contribution in [3.05, 3.63) is 52.6 Å². The third kappa shape index (κ3) is 3.36. The number of carbonyl (C=O) groups is 1. The van der Waals surface area contributed by atoms with Gasteiger partial charge in [0.15, 0.2) is 23.1 Å². The Hall–Kier alpha value is -2.90. The van der Waals surface area contributed by atoms with E-state index in [1.54, 1.807) is 17.7 Å². The summed E-state index contributed by atoms with van der Waals surface area (Å²) in [6, 6.07) is 3.46. The number of benzene rings is 1. The molecular weight excluding hydrogens is 381 g/mol. The maximum Gasteiger partial charge on any atom is 0.256 e. The fraction of sp³-hybridized carbons (Fsp3) is 0.381. The Morgan fingerprint density at radius 1 is 1.17 bits per heavy atom. The normalized spacial score (nSPS) is 14.4. The van der Waals surface area contributed by atoms with Crippen LogP contribution in [0.1, 0.15) is 61.3 Å². The van der Waals surface area contributed by atoms with Crippen LogP contribution in [0.15, 0.2) is 18.2 Å². The van der Waals surface area contributed by atoms with Crippen LogP contribution in [-0.2, 0) is 5.54 Å². The number of pyridine rings is 1. The summed E-state index contributed by atoms with van der Waals surface area (Å²) in [6.45, 7) is 7.74. The van der Waals surface area contributed by atoms with Crippen molar-refractivity contribution in [1.29, 1.82) is 0 Å². The van der Waals surface area contributed by atoms with Crippen molar-refractivity contribution < 1.29 is 18.0 Å². The molecule has 1 N–H and O–H groups in total. The van der Waals surface area contributed by atoms with Crippen LogP contribution < -0.4 is 5.32 Å². The van der Waals surface area contributed by atoms with Gasteiger partial charge in [0.25, 0.3) is 5.91 Å². The van der Waals surface area contributed by atoms with E-state index in [0.717, 1.165) is 30.7 Å². The quantitative estimate of drug-likeness (QED) is 0.625. The summed E-state index contributed by atoms with van der Waals surface area (Å²) in [5.74, 6) is -4.73. The highest BCUT2D eigenvalue weighted by Gasteiger charge is 2.30. The van der Waals surface area contributed by atoms with Crippen LogP contribution in [0.4, 0.5) is 18.9 Å². The van der Waals surface area contributed by atoms with Crippen LogP contribution in [0.2, 0.25) is 0 Å². The number of carbonyl (C=O) groups excluding carboxylic acids is 1. The lowest BCUT2D eigenvalue weighted by Crippen LogP contribution is -2.24. The Morgan fingerprint density at radius 2 is 1.86 bits per heavy atom. The van der Waals surface area contributed by atoms with Crippen molar-refractivity contribution in [3.8, 4) is 0 Å². The number of hydrogen-bond acceptors (Lipinski definition) is 3. The first-order valence-corrected chi connectivity index (χ1v) is 9.43. The topological polar surface area (TPSA) is 59.8 Å². The summed E-state index contributed by atoms with van der Waals surface area (Å²) in [5, 5.41) is 7.49. The largest absolute Gasteiger partial charge is 0.319 e. The molecule has 3 aromatic rings. The third-order valence-electron chi connectivity index (χ3n) is 4.99. The predicted octanol–water partition coefficient (Wildman–Crippen LogP) is 5.04. The molecule has 0 saturated heterocycles. The first-order valence-electron chi connectivity index (χ1n) is 9.43. The lowest BCUT2D eigenvalue weighted by atomic mass is 10.1. The second-order valence-electron chi connectivity index (χ2n) is 8.41. The third-order valence-corrected chi connectivity index (χ3v) is 4.99. The standard InChI is InChI=1S/C21H21F3N4O/c1-10-16-12(20(29)26-14-8-7-13(22)17(23)18(14)24)9-15(11-5-6-11)25-19(16)28(27-10)21(2,3)4/h7-9,11H,5-6H2,1-4H3,(H,26,29). The molecule has 8 heteroatoms. The Balaban J connectivity index is 1.85. The molecule has 0 atom stereocenters. The van der Waals surface area contributed by atoms with Crippen LogP contribution >= 0.6 is 0 Å². The first-order chi connectivity index (χ1) is 13.6. The van der Waals surface area contributed by atoms with Gasteiger partial charge in [-0.15, -0.1) is 0 Å². The van der Waals surface area contributed by atoms with E-state index in [1.807, 2.05) is 20.8 Å². The van der Waals surface area contributed by atoms with Crippen molar-refractivity contribution in [2.24, 2.45) is 0 Å². The zero-order valence-electron chi connectivity index (χ0n) is 16.6. The number of nitrogens with one attached hydrogen (secondary N) is 1. The Bertz CT molecular complexity index is 1140. The molecule has 1 saturated carbocycles. The molecule has 0 unspecified atom stereocenters. The lowest BCUT2D eigenvalue weighted by molar-refractivity contribution is 0.102. The SMILES string of the molecule is Cc1nn(C(C)(C)C)c2nc(C3CC3)cc(C(=O)Nc3ccc(F)c(F)c3F)c12. The van der Waals surface area contributed by atoms with E-state index in [9.17, 15) is 18.0 Å². The molecule has 0 radical (unpaired) electrons. The zero-order valence-corrected chi connectivity index (χ0v) is 16.6. The van der Waals surface area contributed by atoms with Gasteiger partial charge in [0, 0.05) is 11.6 Å². The van der Waals surface area contributed by atoms with Crippen LogP contribution in [0.3, 0.4) is 0 Å². The molecule has 0 spiro atoms. The van der Waals surface area contributed by atoms with E-state index in [2.05, 4.69) is 10.4 Å². The number of nitrogens with zero attached hydrogens (tertiary/aromatic N) is 3. The fourth-order valence-corrected chi connectivity index (χ4v) is 3.36. The number of aryl methyl sites for hydroxylation is 1. The highest BCUT2D eigenvalue weighted by molar-refractivity contribution is 6.12. The molecular formula is C21H21F3N4O. The van der Waals surface area contributed by atoms with E-state index < -0.39 is 29.0 Å². The molecule has 29 heavy (non-hydrogen) atoms. The Morgan fingerprint density at radius 3 is 2.48 bits per heavy atom. The van der Waals surface area contributed by atoms with E-state index in [1.165, 1.54) is 0 Å². The van der Waals surface area contributed by atoms with Gasteiger partial charge in [0.05, 0.1) is 27.9 Å². The van der Waals surface area contributed by atoms with Gasteiger partial charge in [0.2, 0.25) is 0 Å². The van der Waals surface area contributed by atoms with Crippen LogP contribution in [0.5, 0.6) is 0 Å². The summed E-state index contributed by atoms with van der Waals surface area (Å²) in [7, 11) is 0. The Kier molecular flexibility index (Phi) is 4.40. The number of hydrogen-bond donors (Lipinski definition) is 1. The maximum absolute atomic E-state index is 14.1. The molecule has 4 rings (SSSR count). The highest BCUT2D eigenvalue weighted by atomic mass is 19.2. The van der Waals surface area contributed by atoms with E-state index in [-0.39, 0.29) is 17.0 Å². The zero-order chi connectivity index (χ0) is 21.1. The molecule has 0 aliphatic heterocycles. The number of fused-ring (bicyclic) bond motifs is 1. The number of rotatable bonds is 3. The van der Waals surface area contributed by atoms with Crippen LogP contribution in [0.25, 0.3) is 11.0 Å². The molecule has 1 aliphatic carbocycles.